The van der Waals surface area contributed by atoms with E-state index < -0.39 is 0 Å². The lowest BCUT2D eigenvalue weighted by atomic mass is 9.96. The van der Waals surface area contributed by atoms with E-state index in [9.17, 15) is 0 Å². The fraction of sp³-hybridized carbons (Fsp3) is 0.778. The quantitative estimate of drug-likeness (QED) is 0.590. The molecule has 0 saturated heterocycles. The topological polar surface area (TPSA) is 26.0 Å². The van der Waals surface area contributed by atoms with E-state index in [1.54, 1.807) is 0 Å². The third kappa shape index (κ3) is 3.53. The van der Waals surface area contributed by atoms with Gasteiger partial charge in [-0.2, -0.15) is 0 Å². The third-order valence-corrected chi connectivity index (χ3v) is 1.83. The number of rotatable bonds is 4. The zero-order chi connectivity index (χ0) is 7.98. The summed E-state index contributed by atoms with van der Waals surface area (Å²) in [6.07, 6.45) is 8.22. The van der Waals surface area contributed by atoms with Crippen LogP contribution in [-0.4, -0.2) is 6.04 Å². The molecule has 0 bridgehead atoms. The Kier molecular flexibility index (Phi) is 5.06. The molecule has 0 aromatic carbocycles. The summed E-state index contributed by atoms with van der Waals surface area (Å²) < 4.78 is 0. The predicted molar refractivity (Wildman–Crippen MR) is 45.5 cm³/mol. The van der Waals surface area contributed by atoms with E-state index in [2.05, 4.69) is 19.8 Å². The van der Waals surface area contributed by atoms with Crippen molar-refractivity contribution >= 4 is 0 Å². The van der Waals surface area contributed by atoms with Gasteiger partial charge in [0.15, 0.2) is 0 Å². The second-order valence-corrected chi connectivity index (χ2v) is 2.84. The van der Waals surface area contributed by atoms with Crippen molar-refractivity contribution in [2.75, 3.05) is 0 Å². The molecular weight excluding hydrogens is 122 g/mol. The number of terminal acetylenes is 1. The monoisotopic (exact) mass is 139 g/mol. The van der Waals surface area contributed by atoms with Crippen molar-refractivity contribution < 1.29 is 0 Å². The lowest BCUT2D eigenvalue weighted by Crippen LogP contribution is -2.27. The van der Waals surface area contributed by atoms with Gasteiger partial charge in [-0.05, 0) is 12.3 Å². The molecular formula is C9H17N. The molecule has 0 rings (SSSR count). The molecule has 2 atom stereocenters. The Morgan fingerprint density at radius 2 is 2.20 bits per heavy atom. The Morgan fingerprint density at radius 3 is 2.60 bits per heavy atom. The highest BCUT2D eigenvalue weighted by Crippen LogP contribution is 2.10. The Morgan fingerprint density at radius 1 is 1.60 bits per heavy atom. The molecule has 0 spiro atoms. The summed E-state index contributed by atoms with van der Waals surface area (Å²) in [4.78, 5) is 0. The molecule has 1 nitrogen and oxygen atoms in total. The van der Waals surface area contributed by atoms with Gasteiger partial charge in [0, 0.05) is 12.5 Å². The van der Waals surface area contributed by atoms with Crippen molar-refractivity contribution in [1.29, 1.82) is 0 Å². The molecule has 0 saturated carbocycles. The highest BCUT2D eigenvalue weighted by Gasteiger charge is 2.09. The van der Waals surface area contributed by atoms with Crippen LogP contribution < -0.4 is 5.73 Å². The number of nitrogens with two attached hydrogens (primary N) is 1. The Hall–Kier alpha value is -0.480. The highest BCUT2D eigenvalue weighted by molar-refractivity contribution is 4.89. The maximum absolute atomic E-state index is 5.77. The molecule has 10 heavy (non-hydrogen) atoms. The van der Waals surface area contributed by atoms with Crippen molar-refractivity contribution in [3.63, 3.8) is 0 Å². The van der Waals surface area contributed by atoms with E-state index in [1.165, 1.54) is 12.8 Å². The lowest BCUT2D eigenvalue weighted by molar-refractivity contribution is 0.428. The fourth-order valence-corrected chi connectivity index (χ4v) is 1.01. The minimum atomic E-state index is 0.199. The lowest BCUT2D eigenvalue weighted by Gasteiger charge is -2.15. The van der Waals surface area contributed by atoms with Crippen molar-refractivity contribution in [2.45, 2.75) is 39.2 Å². The maximum Gasteiger partial charge on any atom is 0.0241 e. The average molecular weight is 139 g/mol. The van der Waals surface area contributed by atoms with Crippen LogP contribution in [0.25, 0.3) is 0 Å². The SMILES string of the molecule is C#CCC(N)C(C)CCC. The van der Waals surface area contributed by atoms with Crippen LogP contribution in [0.5, 0.6) is 0 Å². The largest absolute Gasteiger partial charge is 0.327 e. The third-order valence-electron chi connectivity index (χ3n) is 1.83. The zero-order valence-corrected chi connectivity index (χ0v) is 6.93. The fourth-order valence-electron chi connectivity index (χ4n) is 1.01. The van der Waals surface area contributed by atoms with Gasteiger partial charge in [0.25, 0.3) is 0 Å². The van der Waals surface area contributed by atoms with Gasteiger partial charge in [0.1, 0.15) is 0 Å². The van der Waals surface area contributed by atoms with Gasteiger partial charge in [-0.1, -0.05) is 20.3 Å². The summed E-state index contributed by atoms with van der Waals surface area (Å²) in [6, 6.07) is 0.199. The molecule has 0 aliphatic carbocycles. The summed E-state index contributed by atoms with van der Waals surface area (Å²) in [7, 11) is 0. The maximum atomic E-state index is 5.77. The van der Waals surface area contributed by atoms with Gasteiger partial charge in [-0.3, -0.25) is 0 Å². The van der Waals surface area contributed by atoms with E-state index in [1.807, 2.05) is 0 Å². The van der Waals surface area contributed by atoms with Gasteiger partial charge < -0.3 is 5.73 Å². The first kappa shape index (κ1) is 9.52. The van der Waals surface area contributed by atoms with E-state index >= 15 is 0 Å². The first-order valence-corrected chi connectivity index (χ1v) is 3.91. The predicted octanol–water partition coefficient (Wildman–Crippen LogP) is 1.77. The second-order valence-electron chi connectivity index (χ2n) is 2.84. The van der Waals surface area contributed by atoms with Crippen LogP contribution in [0.3, 0.4) is 0 Å². The van der Waals surface area contributed by atoms with Crippen LogP contribution >= 0.6 is 0 Å². The molecule has 0 aliphatic heterocycles. The summed E-state index contributed by atoms with van der Waals surface area (Å²) in [5.41, 5.74) is 5.77. The molecule has 2 N–H and O–H groups in total. The second kappa shape index (κ2) is 5.32. The summed E-state index contributed by atoms with van der Waals surface area (Å²) in [5.74, 6) is 3.15. The summed E-state index contributed by atoms with van der Waals surface area (Å²) in [5, 5.41) is 0. The molecule has 0 amide bonds. The van der Waals surface area contributed by atoms with Crippen LogP contribution in [-0.2, 0) is 0 Å². The molecule has 1 heteroatoms. The van der Waals surface area contributed by atoms with Crippen LogP contribution in [0.4, 0.5) is 0 Å². The molecule has 0 aliphatic rings. The first-order chi connectivity index (χ1) is 4.72. The Balaban J connectivity index is 3.50. The average Bonchev–Trinajstić information content (AvgIpc) is 1.89. The van der Waals surface area contributed by atoms with Crippen LogP contribution in [0, 0.1) is 18.3 Å². The van der Waals surface area contributed by atoms with Crippen molar-refractivity contribution in [2.24, 2.45) is 11.7 Å². The smallest absolute Gasteiger partial charge is 0.0241 e. The van der Waals surface area contributed by atoms with Crippen molar-refractivity contribution in [3.05, 3.63) is 0 Å². The minimum absolute atomic E-state index is 0.199. The van der Waals surface area contributed by atoms with E-state index in [-0.39, 0.29) is 6.04 Å². The summed E-state index contributed by atoms with van der Waals surface area (Å²) >= 11 is 0. The van der Waals surface area contributed by atoms with E-state index in [4.69, 9.17) is 12.2 Å². The Labute approximate surface area is 64.0 Å². The van der Waals surface area contributed by atoms with Crippen molar-refractivity contribution in [1.82, 2.24) is 0 Å². The molecule has 58 valence electrons. The van der Waals surface area contributed by atoms with Gasteiger partial charge in [-0.25, -0.2) is 0 Å². The zero-order valence-electron chi connectivity index (χ0n) is 6.93. The van der Waals surface area contributed by atoms with Gasteiger partial charge in [0.05, 0.1) is 0 Å². The van der Waals surface area contributed by atoms with Crippen LogP contribution in [0.2, 0.25) is 0 Å². The Bertz CT molecular complexity index is 112. The molecule has 0 aromatic heterocycles. The molecule has 2 unspecified atom stereocenters. The minimum Gasteiger partial charge on any atom is -0.327 e. The molecule has 0 aromatic rings. The number of hydrogen-bond acceptors (Lipinski definition) is 1. The molecule has 0 heterocycles. The van der Waals surface area contributed by atoms with E-state index in [0.717, 1.165) is 0 Å². The van der Waals surface area contributed by atoms with E-state index in [0.29, 0.717) is 12.3 Å². The molecule has 0 fully saturated rings. The standard InChI is InChI=1S/C9H17N/c1-4-6-8(3)9(10)7-5-2/h2,8-9H,4,6-7,10H2,1,3H3. The normalized spacial score (nSPS) is 15.8. The van der Waals surface area contributed by atoms with Crippen LogP contribution in [0.15, 0.2) is 0 Å². The van der Waals surface area contributed by atoms with Crippen molar-refractivity contribution in [3.8, 4) is 12.3 Å². The van der Waals surface area contributed by atoms with Crippen LogP contribution in [0.1, 0.15) is 33.1 Å². The highest BCUT2D eigenvalue weighted by atomic mass is 14.6. The van der Waals surface area contributed by atoms with Gasteiger partial charge in [-0.15, -0.1) is 12.3 Å². The molecule has 0 radical (unpaired) electrons. The first-order valence-electron chi connectivity index (χ1n) is 3.91. The van der Waals surface area contributed by atoms with Gasteiger partial charge in [0.2, 0.25) is 0 Å². The summed E-state index contributed by atoms with van der Waals surface area (Å²) in [6.45, 7) is 4.32. The van der Waals surface area contributed by atoms with Gasteiger partial charge >= 0.3 is 0 Å². The number of hydrogen-bond donors (Lipinski definition) is 1.